The van der Waals surface area contributed by atoms with Crippen LogP contribution in [0.2, 0.25) is 0 Å². The van der Waals surface area contributed by atoms with Crippen LogP contribution in [0.4, 0.5) is 0 Å². The highest BCUT2D eigenvalue weighted by Crippen LogP contribution is 2.29. The third-order valence-corrected chi connectivity index (χ3v) is 5.04. The highest BCUT2D eigenvalue weighted by atomic mass is 16.2. The highest BCUT2D eigenvalue weighted by Gasteiger charge is 2.34. The summed E-state index contributed by atoms with van der Waals surface area (Å²) in [5.41, 5.74) is 2.73. The van der Waals surface area contributed by atoms with Gasteiger partial charge in [0.05, 0.1) is 11.9 Å². The number of rotatable bonds is 5. The molecule has 1 aliphatic rings. The summed E-state index contributed by atoms with van der Waals surface area (Å²) in [4.78, 5) is 27.4. The minimum absolute atomic E-state index is 0.198. The zero-order chi connectivity index (χ0) is 19.0. The van der Waals surface area contributed by atoms with Crippen molar-refractivity contribution in [1.82, 2.24) is 19.2 Å². The number of amides is 1. The number of nitrogens with zero attached hydrogens (tertiary/aromatic N) is 4. The second-order valence-electron chi connectivity index (χ2n) is 7.05. The molecule has 0 radical (unpaired) electrons. The predicted molar refractivity (Wildman–Crippen MR) is 103 cm³/mol. The third kappa shape index (κ3) is 3.43. The summed E-state index contributed by atoms with van der Waals surface area (Å²) in [6.45, 7) is 2.31. The van der Waals surface area contributed by atoms with Crippen molar-refractivity contribution >= 4 is 5.91 Å². The zero-order valence-corrected chi connectivity index (χ0v) is 15.5. The Labute approximate surface area is 157 Å². The summed E-state index contributed by atoms with van der Waals surface area (Å²) in [5, 5.41) is 4.41. The van der Waals surface area contributed by atoms with E-state index >= 15 is 0 Å². The van der Waals surface area contributed by atoms with Gasteiger partial charge in [-0.3, -0.25) is 9.59 Å². The highest BCUT2D eigenvalue weighted by molar-refractivity contribution is 5.94. The Balaban J connectivity index is 1.59. The van der Waals surface area contributed by atoms with Gasteiger partial charge in [0.1, 0.15) is 5.56 Å². The zero-order valence-electron chi connectivity index (χ0n) is 15.5. The monoisotopic (exact) mass is 362 g/mol. The molecule has 1 amide bonds. The molecular formula is C21H22N4O2. The normalized spacial score (nSPS) is 13.6. The Bertz CT molecular complexity index is 1030. The number of aromatic nitrogens is 3. The van der Waals surface area contributed by atoms with Crippen molar-refractivity contribution in [3.05, 3.63) is 82.0 Å². The number of hydrogen-bond donors (Lipinski definition) is 0. The van der Waals surface area contributed by atoms with Crippen LogP contribution in [0.5, 0.6) is 0 Å². The van der Waals surface area contributed by atoms with Crippen molar-refractivity contribution in [3.63, 3.8) is 0 Å². The first kappa shape index (κ1) is 17.3. The first-order valence-corrected chi connectivity index (χ1v) is 9.11. The fourth-order valence-corrected chi connectivity index (χ4v) is 3.16. The van der Waals surface area contributed by atoms with E-state index in [0.717, 1.165) is 29.8 Å². The van der Waals surface area contributed by atoms with Crippen molar-refractivity contribution in [3.8, 4) is 5.69 Å². The number of aryl methyl sites for hydroxylation is 1. The van der Waals surface area contributed by atoms with E-state index in [2.05, 4.69) is 5.10 Å². The Morgan fingerprint density at radius 2 is 1.93 bits per heavy atom. The SMILES string of the molecule is Cc1ccc(C(=O)N(Cc2cnn(-c3ccccc3)c2)C2CC2)c(=O)n1C. The van der Waals surface area contributed by atoms with E-state index in [0.29, 0.717) is 6.54 Å². The summed E-state index contributed by atoms with van der Waals surface area (Å²) in [6.07, 6.45) is 5.67. The van der Waals surface area contributed by atoms with Crippen LogP contribution in [0.3, 0.4) is 0 Å². The molecule has 138 valence electrons. The van der Waals surface area contributed by atoms with E-state index in [-0.39, 0.29) is 23.1 Å². The molecule has 3 aromatic rings. The first-order chi connectivity index (χ1) is 13.0. The lowest BCUT2D eigenvalue weighted by molar-refractivity contribution is 0.0727. The molecule has 1 saturated carbocycles. The van der Waals surface area contributed by atoms with Crippen molar-refractivity contribution in [2.75, 3.05) is 0 Å². The lowest BCUT2D eigenvalue weighted by Gasteiger charge is -2.22. The van der Waals surface area contributed by atoms with E-state index in [1.807, 2.05) is 49.5 Å². The van der Waals surface area contributed by atoms with Crippen molar-refractivity contribution in [1.29, 1.82) is 0 Å². The van der Waals surface area contributed by atoms with Gasteiger partial charge < -0.3 is 9.47 Å². The quantitative estimate of drug-likeness (QED) is 0.701. The summed E-state index contributed by atoms with van der Waals surface area (Å²) in [7, 11) is 1.69. The molecule has 0 bridgehead atoms. The second kappa shape index (κ2) is 6.87. The third-order valence-electron chi connectivity index (χ3n) is 5.04. The van der Waals surface area contributed by atoms with Crippen molar-refractivity contribution in [2.45, 2.75) is 32.4 Å². The predicted octanol–water partition coefficient (Wildman–Crippen LogP) is 2.68. The lowest BCUT2D eigenvalue weighted by atomic mass is 10.2. The maximum absolute atomic E-state index is 13.1. The van der Waals surface area contributed by atoms with E-state index in [4.69, 9.17) is 0 Å². The van der Waals surface area contributed by atoms with Crippen LogP contribution < -0.4 is 5.56 Å². The van der Waals surface area contributed by atoms with Gasteiger partial charge in [-0.05, 0) is 44.0 Å². The fourth-order valence-electron chi connectivity index (χ4n) is 3.16. The first-order valence-electron chi connectivity index (χ1n) is 9.11. The molecule has 0 aliphatic heterocycles. The molecule has 6 heteroatoms. The molecule has 0 atom stereocenters. The van der Waals surface area contributed by atoms with E-state index < -0.39 is 0 Å². The molecule has 2 aromatic heterocycles. The number of benzene rings is 1. The van der Waals surface area contributed by atoms with Gasteiger partial charge in [-0.2, -0.15) is 5.10 Å². The van der Waals surface area contributed by atoms with Crippen LogP contribution in [0.25, 0.3) is 5.69 Å². The summed E-state index contributed by atoms with van der Waals surface area (Å²) in [6, 6.07) is 13.5. The van der Waals surface area contributed by atoms with Gasteiger partial charge in [-0.25, -0.2) is 4.68 Å². The van der Waals surface area contributed by atoms with Crippen LogP contribution in [0.1, 0.15) is 34.5 Å². The van der Waals surface area contributed by atoms with Gasteiger partial charge >= 0.3 is 0 Å². The van der Waals surface area contributed by atoms with Crippen LogP contribution in [-0.2, 0) is 13.6 Å². The standard InChI is InChI=1S/C21H22N4O2/c1-15-8-11-19(20(26)23(15)2)21(27)24(17-9-10-17)13-16-12-22-25(14-16)18-6-4-3-5-7-18/h3-8,11-12,14,17H,9-10,13H2,1-2H3. The van der Waals surface area contributed by atoms with Gasteiger partial charge in [-0.15, -0.1) is 0 Å². The van der Waals surface area contributed by atoms with Crippen LogP contribution >= 0.6 is 0 Å². The molecule has 1 aliphatic carbocycles. The van der Waals surface area contributed by atoms with E-state index in [9.17, 15) is 9.59 Å². The molecule has 0 unspecified atom stereocenters. The van der Waals surface area contributed by atoms with Crippen LogP contribution in [0.15, 0.2) is 59.7 Å². The topological polar surface area (TPSA) is 60.1 Å². The van der Waals surface area contributed by atoms with Crippen LogP contribution in [-0.4, -0.2) is 31.2 Å². The van der Waals surface area contributed by atoms with Gasteiger partial charge in [-0.1, -0.05) is 18.2 Å². The minimum Gasteiger partial charge on any atom is -0.331 e. The fraction of sp³-hybridized carbons (Fsp3) is 0.286. The smallest absolute Gasteiger partial charge is 0.263 e. The average molecular weight is 362 g/mol. The summed E-state index contributed by atoms with van der Waals surface area (Å²) < 4.78 is 3.32. The molecule has 2 heterocycles. The molecule has 0 N–H and O–H groups in total. The maximum atomic E-state index is 13.1. The minimum atomic E-state index is -0.245. The lowest BCUT2D eigenvalue weighted by Crippen LogP contribution is -2.37. The molecule has 4 rings (SSSR count). The molecule has 27 heavy (non-hydrogen) atoms. The molecule has 6 nitrogen and oxygen atoms in total. The Hall–Kier alpha value is -3.15. The van der Waals surface area contributed by atoms with Gasteiger partial charge in [0, 0.05) is 37.1 Å². The number of para-hydroxylation sites is 1. The van der Waals surface area contributed by atoms with Gasteiger partial charge in [0.15, 0.2) is 0 Å². The molecule has 1 aromatic carbocycles. The Kier molecular flexibility index (Phi) is 4.39. The average Bonchev–Trinajstić information content (AvgIpc) is 3.42. The van der Waals surface area contributed by atoms with Crippen LogP contribution in [0, 0.1) is 6.92 Å². The van der Waals surface area contributed by atoms with Crippen molar-refractivity contribution in [2.24, 2.45) is 7.05 Å². The number of hydrogen-bond acceptors (Lipinski definition) is 3. The molecule has 1 fully saturated rings. The number of carbonyl (C=O) groups is 1. The number of carbonyl (C=O) groups excluding carboxylic acids is 1. The number of pyridine rings is 1. The second-order valence-corrected chi connectivity index (χ2v) is 7.05. The molecule has 0 saturated heterocycles. The maximum Gasteiger partial charge on any atom is 0.263 e. The Morgan fingerprint density at radius 3 is 2.63 bits per heavy atom. The largest absolute Gasteiger partial charge is 0.331 e. The van der Waals surface area contributed by atoms with E-state index in [1.165, 1.54) is 4.57 Å². The molecule has 0 spiro atoms. The molecular weight excluding hydrogens is 340 g/mol. The Morgan fingerprint density at radius 1 is 1.19 bits per heavy atom. The van der Waals surface area contributed by atoms with Gasteiger partial charge in [0.2, 0.25) is 0 Å². The van der Waals surface area contributed by atoms with Crippen molar-refractivity contribution < 1.29 is 4.79 Å². The summed E-state index contributed by atoms with van der Waals surface area (Å²) >= 11 is 0. The van der Waals surface area contributed by atoms with Gasteiger partial charge in [0.25, 0.3) is 11.5 Å². The summed E-state index contributed by atoms with van der Waals surface area (Å²) in [5.74, 6) is -0.203. The van der Waals surface area contributed by atoms with E-state index in [1.54, 1.807) is 28.9 Å².